The zero-order chi connectivity index (χ0) is 16.9. The van der Waals surface area contributed by atoms with Crippen LogP contribution in [0, 0.1) is 0 Å². The first-order chi connectivity index (χ1) is 11.7. The number of thiazole rings is 1. The molecule has 1 atom stereocenters. The van der Waals surface area contributed by atoms with E-state index in [0.29, 0.717) is 5.92 Å². The molecule has 2 aromatic rings. The first kappa shape index (κ1) is 17.4. The highest BCUT2D eigenvalue weighted by molar-refractivity contribution is 7.11. The summed E-state index contributed by atoms with van der Waals surface area (Å²) in [6.07, 6.45) is 5.69. The molecule has 130 valence electrons. The summed E-state index contributed by atoms with van der Waals surface area (Å²) in [7, 11) is 5.92. The highest BCUT2D eigenvalue weighted by Crippen LogP contribution is 2.33. The molecular weight excluding hydrogens is 318 g/mol. The number of methoxy groups -OCH3 is 1. The fourth-order valence-electron chi connectivity index (χ4n) is 3.40. The number of nitrogens with one attached hydrogen (secondary N) is 1. The second-order valence-corrected chi connectivity index (χ2v) is 7.94. The van der Waals surface area contributed by atoms with Crippen LogP contribution in [0.1, 0.15) is 39.8 Å². The van der Waals surface area contributed by atoms with E-state index >= 15 is 0 Å². The molecule has 1 aromatic carbocycles. The van der Waals surface area contributed by atoms with Crippen molar-refractivity contribution in [1.82, 2.24) is 15.2 Å². The van der Waals surface area contributed by atoms with Crippen molar-refractivity contribution in [2.45, 2.75) is 38.3 Å². The van der Waals surface area contributed by atoms with Gasteiger partial charge in [0.15, 0.2) is 0 Å². The maximum atomic E-state index is 5.36. The van der Waals surface area contributed by atoms with Crippen molar-refractivity contribution in [2.24, 2.45) is 0 Å². The quantitative estimate of drug-likeness (QED) is 0.834. The van der Waals surface area contributed by atoms with Gasteiger partial charge in [-0.25, -0.2) is 4.98 Å². The van der Waals surface area contributed by atoms with Gasteiger partial charge in [-0.15, -0.1) is 11.3 Å². The zero-order valence-electron chi connectivity index (χ0n) is 14.8. The minimum absolute atomic E-state index is 0.598. The van der Waals surface area contributed by atoms with Gasteiger partial charge in [0.2, 0.25) is 0 Å². The Bertz CT molecular complexity index is 668. The van der Waals surface area contributed by atoms with Crippen LogP contribution in [-0.4, -0.2) is 37.6 Å². The molecule has 1 aliphatic rings. The molecule has 1 N–H and O–H groups in total. The number of aryl methyl sites for hydroxylation is 1. The summed E-state index contributed by atoms with van der Waals surface area (Å²) in [5.74, 6) is 1.57. The third-order valence-corrected chi connectivity index (χ3v) is 5.51. The Morgan fingerprint density at radius 1 is 1.38 bits per heavy atom. The molecule has 3 rings (SSSR count). The Morgan fingerprint density at radius 3 is 3.04 bits per heavy atom. The van der Waals surface area contributed by atoms with E-state index in [9.17, 15) is 0 Å². The van der Waals surface area contributed by atoms with Crippen molar-refractivity contribution >= 4 is 11.3 Å². The van der Waals surface area contributed by atoms with Crippen LogP contribution in [-0.2, 0) is 19.5 Å². The van der Waals surface area contributed by atoms with Crippen LogP contribution in [0.2, 0.25) is 0 Å². The van der Waals surface area contributed by atoms with Gasteiger partial charge in [-0.1, -0.05) is 6.07 Å². The Balaban J connectivity index is 1.55. The minimum atomic E-state index is 0.598. The smallest absolute Gasteiger partial charge is 0.119 e. The van der Waals surface area contributed by atoms with Gasteiger partial charge in [-0.2, -0.15) is 0 Å². The average Bonchev–Trinajstić information content (AvgIpc) is 3.01. The normalized spacial score (nSPS) is 17.1. The second-order valence-electron chi connectivity index (χ2n) is 6.74. The fraction of sp³-hybridized carbons (Fsp3) is 0.526. The summed E-state index contributed by atoms with van der Waals surface area (Å²) in [6, 6.07) is 6.54. The number of hydrogen-bond acceptors (Lipinski definition) is 5. The van der Waals surface area contributed by atoms with Gasteiger partial charge < -0.3 is 15.0 Å². The summed E-state index contributed by atoms with van der Waals surface area (Å²) in [4.78, 5) is 8.04. The number of aromatic nitrogens is 1. The summed E-state index contributed by atoms with van der Waals surface area (Å²) < 4.78 is 5.36. The van der Waals surface area contributed by atoms with Crippen LogP contribution >= 0.6 is 11.3 Å². The van der Waals surface area contributed by atoms with Crippen LogP contribution in [0.5, 0.6) is 5.75 Å². The molecule has 0 bridgehead atoms. The maximum Gasteiger partial charge on any atom is 0.119 e. The first-order valence-corrected chi connectivity index (χ1v) is 9.43. The third-order valence-electron chi connectivity index (χ3n) is 4.53. The Hall–Kier alpha value is -1.43. The number of benzene rings is 1. The van der Waals surface area contributed by atoms with Gasteiger partial charge >= 0.3 is 0 Å². The molecule has 0 aliphatic heterocycles. The van der Waals surface area contributed by atoms with E-state index in [0.717, 1.165) is 25.4 Å². The largest absolute Gasteiger partial charge is 0.497 e. The van der Waals surface area contributed by atoms with E-state index in [1.165, 1.54) is 40.3 Å². The highest BCUT2D eigenvalue weighted by Gasteiger charge is 2.20. The Labute approximate surface area is 148 Å². The molecule has 1 heterocycles. The lowest BCUT2D eigenvalue weighted by molar-refractivity contribution is 0.406. The standard InChI is InChI=1S/C19H27N3OS/c1-22(2)13-17-11-21-19(24-17)12-20-10-15-6-4-5-14-9-16(23-3)7-8-18(14)15/h7-9,11,15,20H,4-6,10,12-13H2,1-3H3. The molecule has 1 aromatic heterocycles. The SMILES string of the molecule is COc1ccc2c(c1)CCCC2CNCc1ncc(CN(C)C)s1. The van der Waals surface area contributed by atoms with Gasteiger partial charge in [0.25, 0.3) is 0 Å². The number of nitrogens with zero attached hydrogens (tertiary/aromatic N) is 2. The van der Waals surface area contributed by atoms with Crippen molar-refractivity contribution in [2.75, 3.05) is 27.7 Å². The molecule has 5 heteroatoms. The van der Waals surface area contributed by atoms with Crippen molar-refractivity contribution in [3.63, 3.8) is 0 Å². The topological polar surface area (TPSA) is 37.4 Å². The van der Waals surface area contributed by atoms with Gasteiger partial charge in [-0.3, -0.25) is 0 Å². The number of fused-ring (bicyclic) bond motifs is 1. The molecule has 0 fully saturated rings. The van der Waals surface area contributed by atoms with Crippen LogP contribution < -0.4 is 10.1 Å². The molecule has 0 spiro atoms. The first-order valence-electron chi connectivity index (χ1n) is 8.61. The van der Waals surface area contributed by atoms with Crippen LogP contribution in [0.25, 0.3) is 0 Å². The van der Waals surface area contributed by atoms with E-state index in [-0.39, 0.29) is 0 Å². The average molecular weight is 346 g/mol. The molecule has 0 radical (unpaired) electrons. The summed E-state index contributed by atoms with van der Waals surface area (Å²) in [5, 5.41) is 4.79. The second kappa shape index (κ2) is 8.10. The van der Waals surface area contributed by atoms with Gasteiger partial charge in [0, 0.05) is 30.7 Å². The van der Waals surface area contributed by atoms with E-state index in [4.69, 9.17) is 4.74 Å². The lowest BCUT2D eigenvalue weighted by atomic mass is 9.82. The molecule has 1 aliphatic carbocycles. The zero-order valence-corrected chi connectivity index (χ0v) is 15.7. The van der Waals surface area contributed by atoms with Crippen molar-refractivity contribution in [3.05, 3.63) is 45.4 Å². The van der Waals surface area contributed by atoms with E-state index in [1.807, 2.05) is 6.20 Å². The van der Waals surface area contributed by atoms with Crippen LogP contribution in [0.4, 0.5) is 0 Å². The molecule has 0 saturated heterocycles. The highest BCUT2D eigenvalue weighted by atomic mass is 32.1. The predicted molar refractivity (Wildman–Crippen MR) is 99.9 cm³/mol. The molecule has 4 nitrogen and oxygen atoms in total. The molecule has 0 amide bonds. The lowest BCUT2D eigenvalue weighted by Gasteiger charge is -2.26. The predicted octanol–water partition coefficient (Wildman–Crippen LogP) is 3.42. The van der Waals surface area contributed by atoms with Crippen molar-refractivity contribution in [3.8, 4) is 5.75 Å². The lowest BCUT2D eigenvalue weighted by Crippen LogP contribution is -2.24. The minimum Gasteiger partial charge on any atom is -0.497 e. The monoisotopic (exact) mass is 345 g/mol. The third kappa shape index (κ3) is 4.35. The van der Waals surface area contributed by atoms with E-state index in [2.05, 4.69) is 47.5 Å². The molecule has 24 heavy (non-hydrogen) atoms. The van der Waals surface area contributed by atoms with Gasteiger partial charge in [-0.05, 0) is 62.5 Å². The summed E-state index contributed by atoms with van der Waals surface area (Å²) in [6.45, 7) is 2.84. The number of ether oxygens (including phenoxy) is 1. The molecule has 1 unspecified atom stereocenters. The molecular formula is C19H27N3OS. The van der Waals surface area contributed by atoms with Gasteiger partial charge in [0.1, 0.15) is 10.8 Å². The van der Waals surface area contributed by atoms with E-state index in [1.54, 1.807) is 18.4 Å². The summed E-state index contributed by atoms with van der Waals surface area (Å²) in [5.41, 5.74) is 2.94. The van der Waals surface area contributed by atoms with E-state index < -0.39 is 0 Å². The fourth-order valence-corrected chi connectivity index (χ4v) is 4.41. The Kier molecular flexibility index (Phi) is 5.87. The van der Waals surface area contributed by atoms with Crippen molar-refractivity contribution in [1.29, 1.82) is 0 Å². The maximum absolute atomic E-state index is 5.36. The number of rotatable bonds is 7. The van der Waals surface area contributed by atoms with Crippen LogP contribution in [0.3, 0.4) is 0 Å². The Morgan fingerprint density at radius 2 is 2.25 bits per heavy atom. The number of hydrogen-bond donors (Lipinski definition) is 1. The van der Waals surface area contributed by atoms with Gasteiger partial charge in [0.05, 0.1) is 7.11 Å². The summed E-state index contributed by atoms with van der Waals surface area (Å²) >= 11 is 1.81. The van der Waals surface area contributed by atoms with Crippen LogP contribution in [0.15, 0.2) is 24.4 Å². The molecule has 0 saturated carbocycles. The van der Waals surface area contributed by atoms with Crippen molar-refractivity contribution < 1.29 is 4.74 Å².